The molecule has 1 unspecified atom stereocenters. The first-order valence-corrected chi connectivity index (χ1v) is 3.97. The van der Waals surface area contributed by atoms with Gasteiger partial charge in [0.1, 0.15) is 0 Å². The molecule has 0 radical (unpaired) electrons. The maximum atomic E-state index is 10.7. The van der Waals surface area contributed by atoms with Gasteiger partial charge in [0.05, 0.1) is 0 Å². The zero-order valence-corrected chi connectivity index (χ0v) is 7.48. The first-order chi connectivity index (χ1) is 4.63. The third kappa shape index (κ3) is 2.56. The predicted octanol–water partition coefficient (Wildman–Crippen LogP) is 2.47. The Morgan fingerprint density at radius 1 is 1.60 bits per heavy atom. The molecule has 0 heterocycles. The van der Waals surface area contributed by atoms with Crippen LogP contribution in [0.2, 0.25) is 0 Å². The van der Waals surface area contributed by atoms with Crippen molar-refractivity contribution in [1.29, 1.82) is 0 Å². The predicted molar refractivity (Wildman–Crippen MR) is 43.4 cm³/mol. The van der Waals surface area contributed by atoms with Gasteiger partial charge in [0.15, 0.2) is 0 Å². The van der Waals surface area contributed by atoms with Crippen LogP contribution < -0.4 is 0 Å². The number of amides is 1. The average molecular weight is 164 g/mol. The van der Waals surface area contributed by atoms with E-state index in [1.54, 1.807) is 4.90 Å². The lowest BCUT2D eigenvalue weighted by Crippen LogP contribution is -2.34. The lowest BCUT2D eigenvalue weighted by Gasteiger charge is -2.23. The summed E-state index contributed by atoms with van der Waals surface area (Å²) in [7, 11) is 0. The molecule has 0 aromatic heterocycles. The van der Waals surface area contributed by atoms with Gasteiger partial charge in [0.25, 0.3) is 0 Å². The van der Waals surface area contributed by atoms with Crippen LogP contribution in [-0.4, -0.2) is 22.9 Å². The Balaban J connectivity index is 3.92. The van der Waals surface area contributed by atoms with Crippen LogP contribution in [0.4, 0.5) is 4.79 Å². The fourth-order valence-corrected chi connectivity index (χ4v) is 1.12. The largest absolute Gasteiger partial charge is 0.327 e. The summed E-state index contributed by atoms with van der Waals surface area (Å²) in [5.41, 5.74) is 0. The smallest absolute Gasteiger partial charge is 0.316 e. The third-order valence-electron chi connectivity index (χ3n) is 1.69. The van der Waals surface area contributed by atoms with Gasteiger partial charge in [-0.1, -0.05) is 6.92 Å². The van der Waals surface area contributed by atoms with Crippen LogP contribution in [0.3, 0.4) is 0 Å². The van der Waals surface area contributed by atoms with Gasteiger partial charge in [-0.25, -0.2) is 0 Å². The molecule has 1 amide bonds. The van der Waals surface area contributed by atoms with Crippen LogP contribution in [0.15, 0.2) is 0 Å². The number of halogens is 1. The summed E-state index contributed by atoms with van der Waals surface area (Å²) < 4.78 is 0. The zero-order chi connectivity index (χ0) is 8.15. The van der Waals surface area contributed by atoms with E-state index in [0.29, 0.717) is 6.54 Å². The van der Waals surface area contributed by atoms with Crippen LogP contribution in [0.5, 0.6) is 0 Å². The second kappa shape index (κ2) is 4.56. The summed E-state index contributed by atoms with van der Waals surface area (Å²) in [5.74, 6) is 0. The molecule has 0 saturated heterocycles. The molecule has 0 bridgehead atoms. The van der Waals surface area contributed by atoms with Crippen LogP contribution in [0.25, 0.3) is 0 Å². The van der Waals surface area contributed by atoms with Gasteiger partial charge in [0, 0.05) is 12.6 Å². The minimum absolute atomic E-state index is 0.259. The molecule has 10 heavy (non-hydrogen) atoms. The number of hydrogen-bond acceptors (Lipinski definition) is 1. The SMILES string of the molecule is CCC(C)N(CC)C(=O)Cl. The number of rotatable bonds is 3. The Kier molecular flexibility index (Phi) is 4.45. The quantitative estimate of drug-likeness (QED) is 0.463. The number of carbonyl (C=O) groups excluding carboxylic acids is 1. The summed E-state index contributed by atoms with van der Waals surface area (Å²) in [5, 5.41) is -0.350. The van der Waals surface area contributed by atoms with E-state index < -0.39 is 0 Å². The van der Waals surface area contributed by atoms with Gasteiger partial charge >= 0.3 is 5.37 Å². The maximum Gasteiger partial charge on any atom is 0.316 e. The molecule has 0 aromatic rings. The van der Waals surface area contributed by atoms with Crippen molar-refractivity contribution in [2.75, 3.05) is 6.54 Å². The Morgan fingerprint density at radius 2 is 2.10 bits per heavy atom. The van der Waals surface area contributed by atoms with Crippen molar-refractivity contribution in [3.05, 3.63) is 0 Å². The Hall–Kier alpha value is -0.240. The summed E-state index contributed by atoms with van der Waals surface area (Å²) >= 11 is 5.30. The molecular weight excluding hydrogens is 150 g/mol. The number of nitrogens with zero attached hydrogens (tertiary/aromatic N) is 1. The van der Waals surface area contributed by atoms with Crippen LogP contribution in [0, 0.1) is 0 Å². The first kappa shape index (κ1) is 9.76. The zero-order valence-electron chi connectivity index (χ0n) is 6.72. The third-order valence-corrected chi connectivity index (χ3v) is 1.91. The van der Waals surface area contributed by atoms with E-state index in [4.69, 9.17) is 11.6 Å². The second-order valence-electron chi connectivity index (χ2n) is 2.30. The molecule has 2 nitrogen and oxygen atoms in total. The molecule has 0 rings (SSSR count). The highest BCUT2D eigenvalue weighted by Crippen LogP contribution is 2.05. The van der Waals surface area contributed by atoms with Crippen LogP contribution in [-0.2, 0) is 0 Å². The lowest BCUT2D eigenvalue weighted by molar-refractivity contribution is 0.205. The second-order valence-corrected chi connectivity index (χ2v) is 2.62. The van der Waals surface area contributed by atoms with Crippen molar-refractivity contribution < 1.29 is 4.79 Å². The highest BCUT2D eigenvalue weighted by atomic mass is 35.5. The summed E-state index contributed by atoms with van der Waals surface area (Å²) in [4.78, 5) is 12.3. The van der Waals surface area contributed by atoms with Crippen molar-refractivity contribution in [1.82, 2.24) is 4.90 Å². The van der Waals surface area contributed by atoms with E-state index in [0.717, 1.165) is 6.42 Å². The molecule has 60 valence electrons. The van der Waals surface area contributed by atoms with Gasteiger partial charge in [0.2, 0.25) is 0 Å². The lowest BCUT2D eigenvalue weighted by atomic mass is 10.2. The number of carbonyl (C=O) groups is 1. The highest BCUT2D eigenvalue weighted by Gasteiger charge is 2.13. The van der Waals surface area contributed by atoms with Crippen molar-refractivity contribution in [2.24, 2.45) is 0 Å². The molecule has 0 spiro atoms. The maximum absolute atomic E-state index is 10.7. The standard InChI is InChI=1S/C7H14ClNO/c1-4-6(3)9(5-2)7(8)10/h6H,4-5H2,1-3H3. The van der Waals surface area contributed by atoms with Gasteiger partial charge < -0.3 is 4.90 Å². The molecule has 0 fully saturated rings. The van der Waals surface area contributed by atoms with Crippen molar-refractivity contribution in [2.45, 2.75) is 33.2 Å². The molecule has 3 heteroatoms. The highest BCUT2D eigenvalue weighted by molar-refractivity contribution is 6.62. The van der Waals surface area contributed by atoms with Crippen molar-refractivity contribution in [3.8, 4) is 0 Å². The molecule has 0 N–H and O–H groups in total. The van der Waals surface area contributed by atoms with Crippen LogP contribution >= 0.6 is 11.6 Å². The van der Waals surface area contributed by atoms with Gasteiger partial charge in [-0.05, 0) is 31.9 Å². The van der Waals surface area contributed by atoms with Crippen LogP contribution in [0.1, 0.15) is 27.2 Å². The summed E-state index contributed by atoms with van der Waals surface area (Å²) in [6.07, 6.45) is 0.951. The molecule has 0 aliphatic carbocycles. The molecule has 0 aliphatic rings. The van der Waals surface area contributed by atoms with E-state index in [1.165, 1.54) is 0 Å². The normalized spacial score (nSPS) is 12.8. The van der Waals surface area contributed by atoms with E-state index in [2.05, 4.69) is 0 Å². The molecular formula is C7H14ClNO. The molecule has 1 atom stereocenters. The van der Waals surface area contributed by atoms with Gasteiger partial charge in [-0.15, -0.1) is 0 Å². The van der Waals surface area contributed by atoms with Crippen molar-refractivity contribution in [3.63, 3.8) is 0 Å². The van der Waals surface area contributed by atoms with Gasteiger partial charge in [-0.3, -0.25) is 4.79 Å². The van der Waals surface area contributed by atoms with Crippen molar-refractivity contribution >= 4 is 17.0 Å². The van der Waals surface area contributed by atoms with E-state index in [1.807, 2.05) is 20.8 Å². The average Bonchev–Trinajstić information content (AvgIpc) is 1.88. The number of hydrogen-bond donors (Lipinski definition) is 0. The minimum atomic E-state index is -0.350. The first-order valence-electron chi connectivity index (χ1n) is 3.59. The van der Waals surface area contributed by atoms with E-state index in [-0.39, 0.29) is 11.4 Å². The molecule has 0 saturated carbocycles. The fraction of sp³-hybridized carbons (Fsp3) is 0.857. The monoisotopic (exact) mass is 163 g/mol. The van der Waals surface area contributed by atoms with E-state index >= 15 is 0 Å². The van der Waals surface area contributed by atoms with Gasteiger partial charge in [-0.2, -0.15) is 0 Å². The summed E-state index contributed by atoms with van der Waals surface area (Å²) in [6, 6.07) is 0.259. The topological polar surface area (TPSA) is 20.3 Å². The Labute approximate surface area is 67.2 Å². The molecule has 0 aromatic carbocycles. The Bertz CT molecular complexity index is 116. The minimum Gasteiger partial charge on any atom is -0.327 e. The van der Waals surface area contributed by atoms with E-state index in [9.17, 15) is 4.79 Å². The Morgan fingerprint density at radius 3 is 2.20 bits per heavy atom. The fourth-order valence-electron chi connectivity index (χ4n) is 0.830. The summed E-state index contributed by atoms with van der Waals surface area (Å²) in [6.45, 7) is 6.64. The molecule has 0 aliphatic heterocycles.